The Labute approximate surface area is 128 Å². The fourth-order valence-corrected chi connectivity index (χ4v) is 2.34. The summed E-state index contributed by atoms with van der Waals surface area (Å²) in [6, 6.07) is 11.2. The maximum atomic E-state index is 11.8. The molecule has 1 amide bonds. The normalized spacial score (nSPS) is 10.6. The van der Waals surface area contributed by atoms with Crippen LogP contribution in [0.2, 0.25) is 0 Å². The number of nitrogens with one attached hydrogen (secondary N) is 1. The van der Waals surface area contributed by atoms with Crippen molar-refractivity contribution in [3.8, 4) is 5.75 Å². The number of hydrogen-bond donors (Lipinski definition) is 1. The van der Waals surface area contributed by atoms with E-state index in [-0.39, 0.29) is 5.91 Å². The zero-order valence-electron chi connectivity index (χ0n) is 12.5. The number of carbonyl (C=O) groups is 1. The van der Waals surface area contributed by atoms with Gasteiger partial charge in [0.05, 0.1) is 11.3 Å². The van der Waals surface area contributed by atoms with E-state index in [0.29, 0.717) is 17.9 Å². The summed E-state index contributed by atoms with van der Waals surface area (Å²) in [6.45, 7) is 2.34. The van der Waals surface area contributed by atoms with Gasteiger partial charge in [0.1, 0.15) is 18.0 Å². The third-order valence-electron chi connectivity index (χ3n) is 3.46. The van der Waals surface area contributed by atoms with Gasteiger partial charge >= 0.3 is 0 Å². The zero-order chi connectivity index (χ0) is 15.5. The van der Waals surface area contributed by atoms with Crippen LogP contribution in [0.4, 0.5) is 0 Å². The Morgan fingerprint density at radius 1 is 1.27 bits per heavy atom. The van der Waals surface area contributed by atoms with Gasteiger partial charge in [0.15, 0.2) is 0 Å². The van der Waals surface area contributed by atoms with Crippen LogP contribution in [-0.2, 0) is 6.61 Å². The van der Waals surface area contributed by atoms with Crippen LogP contribution in [0.25, 0.3) is 5.65 Å². The third kappa shape index (κ3) is 2.65. The lowest BCUT2D eigenvalue weighted by atomic mass is 10.2. The van der Waals surface area contributed by atoms with Gasteiger partial charge < -0.3 is 14.5 Å². The molecule has 112 valence electrons. The molecule has 1 aromatic carbocycles. The molecule has 0 aliphatic carbocycles. The number of carbonyl (C=O) groups excluding carboxylic acids is 1. The van der Waals surface area contributed by atoms with Crippen LogP contribution in [0.3, 0.4) is 0 Å². The summed E-state index contributed by atoms with van der Waals surface area (Å²) in [5.41, 5.74) is 3.37. The average molecular weight is 295 g/mol. The number of hydrogen-bond acceptors (Lipinski definition) is 3. The predicted octanol–water partition coefficient (Wildman–Crippen LogP) is 2.58. The zero-order valence-corrected chi connectivity index (χ0v) is 12.5. The summed E-state index contributed by atoms with van der Waals surface area (Å²) < 4.78 is 7.75. The van der Waals surface area contributed by atoms with E-state index >= 15 is 0 Å². The third-order valence-corrected chi connectivity index (χ3v) is 3.46. The summed E-state index contributed by atoms with van der Waals surface area (Å²) >= 11 is 0. The van der Waals surface area contributed by atoms with Crippen molar-refractivity contribution in [2.24, 2.45) is 0 Å². The molecule has 5 heteroatoms. The van der Waals surface area contributed by atoms with Gasteiger partial charge in [0.25, 0.3) is 5.91 Å². The molecule has 1 N–H and O–H groups in total. The first kappa shape index (κ1) is 14.1. The van der Waals surface area contributed by atoms with Gasteiger partial charge in [-0.3, -0.25) is 4.79 Å². The van der Waals surface area contributed by atoms with Gasteiger partial charge in [-0.2, -0.15) is 0 Å². The van der Waals surface area contributed by atoms with Crippen LogP contribution < -0.4 is 10.1 Å². The van der Waals surface area contributed by atoms with E-state index in [1.165, 1.54) is 0 Å². The van der Waals surface area contributed by atoms with Crippen molar-refractivity contribution in [2.75, 3.05) is 7.05 Å². The largest absolute Gasteiger partial charge is 0.486 e. The van der Waals surface area contributed by atoms with Gasteiger partial charge in [-0.05, 0) is 30.7 Å². The van der Waals surface area contributed by atoms with Gasteiger partial charge in [0.2, 0.25) is 0 Å². The second-order valence-corrected chi connectivity index (χ2v) is 5.02. The molecule has 3 rings (SSSR count). The first-order valence-corrected chi connectivity index (χ1v) is 7.06. The van der Waals surface area contributed by atoms with E-state index in [0.717, 1.165) is 16.9 Å². The molecule has 0 saturated heterocycles. The van der Waals surface area contributed by atoms with Gasteiger partial charge in [0, 0.05) is 19.4 Å². The van der Waals surface area contributed by atoms with Crippen molar-refractivity contribution in [3.05, 3.63) is 65.6 Å². The molecule has 0 radical (unpaired) electrons. The minimum Gasteiger partial charge on any atom is -0.486 e. The number of pyridine rings is 1. The number of nitrogens with zero attached hydrogens (tertiary/aromatic N) is 2. The highest BCUT2D eigenvalue weighted by molar-refractivity contribution is 5.96. The molecular weight excluding hydrogens is 278 g/mol. The van der Waals surface area contributed by atoms with E-state index in [1.807, 2.05) is 48.0 Å². The second kappa shape index (κ2) is 5.89. The van der Waals surface area contributed by atoms with Crippen LogP contribution in [0, 0.1) is 6.92 Å². The highest BCUT2D eigenvalue weighted by Gasteiger charge is 2.11. The summed E-state index contributed by atoms with van der Waals surface area (Å²) in [5.74, 6) is 0.386. The second-order valence-electron chi connectivity index (χ2n) is 5.02. The summed E-state index contributed by atoms with van der Waals surface area (Å²) in [4.78, 5) is 16.4. The lowest BCUT2D eigenvalue weighted by molar-refractivity contribution is 0.0958. The molecule has 0 unspecified atom stereocenters. The molecule has 0 atom stereocenters. The van der Waals surface area contributed by atoms with E-state index in [9.17, 15) is 4.79 Å². The Balaban J connectivity index is 1.82. The molecule has 0 aliphatic heterocycles. The maximum Gasteiger partial charge on any atom is 0.254 e. The van der Waals surface area contributed by atoms with Crippen molar-refractivity contribution >= 4 is 11.6 Å². The smallest absolute Gasteiger partial charge is 0.254 e. The number of amides is 1. The summed E-state index contributed by atoms with van der Waals surface area (Å²) in [7, 11) is 1.60. The number of benzene rings is 1. The average Bonchev–Trinajstić information content (AvgIpc) is 2.97. The molecule has 2 heterocycles. The van der Waals surface area contributed by atoms with Gasteiger partial charge in [-0.15, -0.1) is 0 Å². The Bertz CT molecular complexity index is 824. The number of aryl methyl sites for hydroxylation is 1. The van der Waals surface area contributed by atoms with Crippen molar-refractivity contribution in [1.82, 2.24) is 14.7 Å². The fraction of sp³-hybridized carbons (Fsp3) is 0.176. The number of ether oxygens (including phenoxy) is 1. The van der Waals surface area contributed by atoms with E-state index in [2.05, 4.69) is 10.3 Å². The number of aromatic nitrogens is 2. The van der Waals surface area contributed by atoms with Crippen molar-refractivity contribution in [1.29, 1.82) is 0 Å². The highest BCUT2D eigenvalue weighted by Crippen LogP contribution is 2.19. The Kier molecular flexibility index (Phi) is 3.78. The topological polar surface area (TPSA) is 55.6 Å². The molecule has 2 aromatic heterocycles. The van der Waals surface area contributed by atoms with Crippen LogP contribution in [-0.4, -0.2) is 22.3 Å². The van der Waals surface area contributed by atoms with Crippen LogP contribution >= 0.6 is 0 Å². The molecule has 0 spiro atoms. The van der Waals surface area contributed by atoms with Crippen molar-refractivity contribution < 1.29 is 9.53 Å². The molecule has 3 aromatic rings. The molecule has 22 heavy (non-hydrogen) atoms. The number of para-hydroxylation sites is 1. The Morgan fingerprint density at radius 3 is 2.86 bits per heavy atom. The van der Waals surface area contributed by atoms with E-state index in [4.69, 9.17) is 4.74 Å². The first-order chi connectivity index (χ1) is 10.7. The van der Waals surface area contributed by atoms with Crippen LogP contribution in [0.15, 0.2) is 48.8 Å². The van der Waals surface area contributed by atoms with Gasteiger partial charge in [-0.25, -0.2) is 4.98 Å². The quantitative estimate of drug-likeness (QED) is 0.805. The number of fused-ring (bicyclic) bond motifs is 1. The van der Waals surface area contributed by atoms with Gasteiger partial charge in [-0.1, -0.05) is 18.2 Å². The molecule has 0 aliphatic rings. The lowest BCUT2D eigenvalue weighted by Gasteiger charge is -2.09. The summed E-state index contributed by atoms with van der Waals surface area (Å²) in [5, 5.41) is 2.61. The van der Waals surface area contributed by atoms with E-state index in [1.54, 1.807) is 19.2 Å². The SMILES string of the molecule is CNC(=O)c1ccccc1OCc1cn2cccc(C)c2n1. The fourth-order valence-electron chi connectivity index (χ4n) is 2.34. The number of rotatable bonds is 4. The molecule has 0 bridgehead atoms. The minimum absolute atomic E-state index is 0.165. The number of imidazole rings is 1. The molecule has 0 fully saturated rings. The summed E-state index contributed by atoms with van der Waals surface area (Å²) in [6.07, 6.45) is 3.89. The van der Waals surface area contributed by atoms with Crippen LogP contribution in [0.1, 0.15) is 21.6 Å². The molecular formula is C17H17N3O2. The maximum absolute atomic E-state index is 11.8. The monoisotopic (exact) mass is 295 g/mol. The molecule has 0 saturated carbocycles. The predicted molar refractivity (Wildman–Crippen MR) is 84.1 cm³/mol. The first-order valence-electron chi connectivity index (χ1n) is 7.06. The van der Waals surface area contributed by atoms with Crippen molar-refractivity contribution in [2.45, 2.75) is 13.5 Å². The van der Waals surface area contributed by atoms with Crippen LogP contribution in [0.5, 0.6) is 5.75 Å². The van der Waals surface area contributed by atoms with E-state index < -0.39 is 0 Å². The van der Waals surface area contributed by atoms with Crippen molar-refractivity contribution in [3.63, 3.8) is 0 Å². The Morgan fingerprint density at radius 2 is 2.09 bits per heavy atom. The Hall–Kier alpha value is -2.82. The standard InChI is InChI=1S/C17H17N3O2/c1-12-6-5-9-20-10-13(19-16(12)20)11-22-15-8-4-3-7-14(15)17(21)18-2/h3-10H,11H2,1-2H3,(H,18,21). The highest BCUT2D eigenvalue weighted by atomic mass is 16.5. The minimum atomic E-state index is -0.165. The molecule has 5 nitrogen and oxygen atoms in total. The lowest BCUT2D eigenvalue weighted by Crippen LogP contribution is -2.18.